The molecular formula is C21H32N2O4. The van der Waals surface area contributed by atoms with E-state index in [0.717, 1.165) is 29.9 Å². The molecule has 1 aromatic rings. The molecule has 0 unspecified atom stereocenters. The molecule has 0 aliphatic carbocycles. The number of nitrogens with zero attached hydrogens (tertiary/aromatic N) is 1. The number of nitrogens with one attached hydrogen (secondary N) is 1. The van der Waals surface area contributed by atoms with Gasteiger partial charge in [0.05, 0.1) is 14.2 Å². The first-order chi connectivity index (χ1) is 12.8. The fourth-order valence-corrected chi connectivity index (χ4v) is 3.36. The van der Waals surface area contributed by atoms with Crippen molar-refractivity contribution in [2.45, 2.75) is 40.0 Å². The summed E-state index contributed by atoms with van der Waals surface area (Å²) in [5.41, 5.74) is 0.632. The maximum absolute atomic E-state index is 12.5. The molecule has 0 radical (unpaired) electrons. The van der Waals surface area contributed by atoms with Gasteiger partial charge in [0.2, 0.25) is 11.8 Å². The second-order valence-corrected chi connectivity index (χ2v) is 8.04. The molecule has 1 fully saturated rings. The number of carbonyl (C=O) groups is 2. The normalized spacial score (nSPS) is 15.4. The Labute approximate surface area is 162 Å². The predicted molar refractivity (Wildman–Crippen MR) is 105 cm³/mol. The van der Waals surface area contributed by atoms with Crippen LogP contribution in [-0.4, -0.2) is 50.6 Å². The van der Waals surface area contributed by atoms with Crippen molar-refractivity contribution in [1.29, 1.82) is 0 Å². The van der Waals surface area contributed by atoms with E-state index in [4.69, 9.17) is 9.47 Å². The lowest BCUT2D eigenvalue weighted by molar-refractivity contribution is -0.142. The van der Waals surface area contributed by atoms with Crippen LogP contribution in [0, 0.1) is 11.3 Å². The topological polar surface area (TPSA) is 67.9 Å². The first-order valence-corrected chi connectivity index (χ1v) is 9.54. The molecule has 150 valence electrons. The molecule has 0 saturated carbocycles. The zero-order valence-corrected chi connectivity index (χ0v) is 17.1. The quantitative estimate of drug-likeness (QED) is 0.829. The second-order valence-electron chi connectivity index (χ2n) is 8.04. The third-order valence-electron chi connectivity index (χ3n) is 4.98. The van der Waals surface area contributed by atoms with Crippen molar-refractivity contribution >= 4 is 11.8 Å². The van der Waals surface area contributed by atoms with E-state index in [9.17, 15) is 9.59 Å². The van der Waals surface area contributed by atoms with Crippen molar-refractivity contribution in [1.82, 2.24) is 10.2 Å². The number of hydrogen-bond donors (Lipinski definition) is 1. The third kappa shape index (κ3) is 5.62. The summed E-state index contributed by atoms with van der Waals surface area (Å²) in [5, 5.41) is 3.03. The zero-order chi connectivity index (χ0) is 20.0. The fourth-order valence-electron chi connectivity index (χ4n) is 3.36. The minimum Gasteiger partial charge on any atom is -0.497 e. The van der Waals surface area contributed by atoms with Gasteiger partial charge < -0.3 is 19.7 Å². The van der Waals surface area contributed by atoms with E-state index in [1.54, 1.807) is 14.2 Å². The summed E-state index contributed by atoms with van der Waals surface area (Å²) in [7, 11) is 3.26. The molecule has 6 heteroatoms. The minimum atomic E-state index is -0.370. The number of carbonyl (C=O) groups excluding carboxylic acids is 2. The lowest BCUT2D eigenvalue weighted by Crippen LogP contribution is -2.46. The summed E-state index contributed by atoms with van der Waals surface area (Å²) in [6.45, 7) is 7.64. The molecule has 0 aromatic heterocycles. The van der Waals surface area contributed by atoms with Crippen LogP contribution in [0.4, 0.5) is 0 Å². The Morgan fingerprint density at radius 3 is 2.37 bits per heavy atom. The molecule has 1 aliphatic rings. The Hall–Kier alpha value is -2.24. The van der Waals surface area contributed by atoms with Gasteiger partial charge in [-0.05, 0) is 43.0 Å². The first kappa shape index (κ1) is 21.1. The van der Waals surface area contributed by atoms with Crippen molar-refractivity contribution in [2.24, 2.45) is 11.3 Å². The van der Waals surface area contributed by atoms with E-state index < -0.39 is 0 Å². The summed E-state index contributed by atoms with van der Waals surface area (Å²) in [4.78, 5) is 26.7. The predicted octanol–water partition coefficient (Wildman–Crippen LogP) is 2.65. The van der Waals surface area contributed by atoms with Crippen LogP contribution in [0.2, 0.25) is 0 Å². The van der Waals surface area contributed by atoms with Gasteiger partial charge in [0.25, 0.3) is 0 Å². The Balaban J connectivity index is 1.81. The van der Waals surface area contributed by atoms with Gasteiger partial charge in [-0.15, -0.1) is 0 Å². The van der Waals surface area contributed by atoms with Crippen molar-refractivity contribution in [3.05, 3.63) is 23.8 Å². The van der Waals surface area contributed by atoms with Gasteiger partial charge in [-0.25, -0.2) is 0 Å². The molecule has 2 amide bonds. The van der Waals surface area contributed by atoms with Crippen LogP contribution in [0.25, 0.3) is 0 Å². The number of benzene rings is 1. The van der Waals surface area contributed by atoms with Crippen molar-refractivity contribution in [2.75, 3.05) is 33.9 Å². The molecular weight excluding hydrogens is 344 g/mol. The molecule has 6 nitrogen and oxygen atoms in total. The number of ether oxygens (including phenoxy) is 2. The Kier molecular flexibility index (Phi) is 7.11. The first-order valence-electron chi connectivity index (χ1n) is 9.54. The summed E-state index contributed by atoms with van der Waals surface area (Å²) in [5.74, 6) is 1.76. The number of rotatable bonds is 6. The van der Waals surface area contributed by atoms with E-state index in [1.165, 1.54) is 0 Å². The standard InChI is InChI=1S/C21H32N2O4/c1-21(2,3)20(25)23-12-9-15(10-13-23)19(24)22-11-8-16-14-17(26-4)6-7-18(16)27-5/h6-7,14-15H,8-13H2,1-5H3,(H,22,24). The fraction of sp³-hybridized carbons (Fsp3) is 0.619. The van der Waals surface area contributed by atoms with E-state index >= 15 is 0 Å². The highest BCUT2D eigenvalue weighted by molar-refractivity contribution is 5.82. The number of amides is 2. The third-order valence-corrected chi connectivity index (χ3v) is 4.98. The van der Waals surface area contributed by atoms with Crippen LogP contribution in [0.1, 0.15) is 39.2 Å². The van der Waals surface area contributed by atoms with Gasteiger partial charge in [-0.1, -0.05) is 20.8 Å². The van der Waals surface area contributed by atoms with E-state index in [0.29, 0.717) is 26.1 Å². The van der Waals surface area contributed by atoms with E-state index in [1.807, 2.05) is 43.9 Å². The molecule has 27 heavy (non-hydrogen) atoms. The highest BCUT2D eigenvalue weighted by atomic mass is 16.5. The van der Waals surface area contributed by atoms with Crippen LogP contribution in [0.15, 0.2) is 18.2 Å². The Bertz CT molecular complexity index is 659. The monoisotopic (exact) mass is 376 g/mol. The van der Waals surface area contributed by atoms with Crippen LogP contribution in [-0.2, 0) is 16.0 Å². The molecule has 2 rings (SSSR count). The highest BCUT2D eigenvalue weighted by Gasteiger charge is 2.32. The summed E-state index contributed by atoms with van der Waals surface area (Å²) in [6.07, 6.45) is 2.11. The largest absolute Gasteiger partial charge is 0.497 e. The summed E-state index contributed by atoms with van der Waals surface area (Å²) < 4.78 is 10.6. The smallest absolute Gasteiger partial charge is 0.227 e. The van der Waals surface area contributed by atoms with Crippen LogP contribution >= 0.6 is 0 Å². The molecule has 1 N–H and O–H groups in total. The van der Waals surface area contributed by atoms with Crippen LogP contribution in [0.3, 0.4) is 0 Å². The highest BCUT2D eigenvalue weighted by Crippen LogP contribution is 2.25. The Morgan fingerprint density at radius 2 is 1.81 bits per heavy atom. The molecule has 0 spiro atoms. The average Bonchev–Trinajstić information content (AvgIpc) is 2.66. The number of methoxy groups -OCH3 is 2. The molecule has 0 atom stereocenters. The zero-order valence-electron chi connectivity index (χ0n) is 17.1. The lowest BCUT2D eigenvalue weighted by Gasteiger charge is -2.35. The van der Waals surface area contributed by atoms with Crippen molar-refractivity contribution in [3.63, 3.8) is 0 Å². The van der Waals surface area contributed by atoms with Gasteiger partial charge >= 0.3 is 0 Å². The lowest BCUT2D eigenvalue weighted by atomic mass is 9.90. The molecule has 1 saturated heterocycles. The number of piperidine rings is 1. The van der Waals surface area contributed by atoms with E-state index in [-0.39, 0.29) is 23.1 Å². The van der Waals surface area contributed by atoms with Crippen molar-refractivity contribution in [3.8, 4) is 11.5 Å². The number of hydrogen-bond acceptors (Lipinski definition) is 4. The van der Waals surface area contributed by atoms with Gasteiger partial charge in [-0.3, -0.25) is 9.59 Å². The molecule has 1 aliphatic heterocycles. The van der Waals surface area contributed by atoms with E-state index in [2.05, 4.69) is 5.32 Å². The number of likely N-dealkylation sites (tertiary alicyclic amines) is 1. The van der Waals surface area contributed by atoms with Gasteiger partial charge in [0.15, 0.2) is 0 Å². The maximum Gasteiger partial charge on any atom is 0.227 e. The molecule has 0 bridgehead atoms. The summed E-state index contributed by atoms with van der Waals surface area (Å²) in [6, 6.07) is 5.66. The SMILES string of the molecule is COc1ccc(OC)c(CCNC(=O)C2CCN(C(=O)C(C)(C)C)CC2)c1. The minimum absolute atomic E-state index is 0.0266. The van der Waals surface area contributed by atoms with Crippen molar-refractivity contribution < 1.29 is 19.1 Å². The maximum atomic E-state index is 12.5. The second kappa shape index (κ2) is 9.11. The van der Waals surface area contributed by atoms with Gasteiger partial charge in [0, 0.05) is 31.0 Å². The van der Waals surface area contributed by atoms with Crippen LogP contribution in [0.5, 0.6) is 11.5 Å². The van der Waals surface area contributed by atoms with Gasteiger partial charge in [-0.2, -0.15) is 0 Å². The van der Waals surface area contributed by atoms with Crippen LogP contribution < -0.4 is 14.8 Å². The molecule has 1 heterocycles. The summed E-state index contributed by atoms with van der Waals surface area (Å²) >= 11 is 0. The average molecular weight is 376 g/mol. The molecule has 1 aromatic carbocycles. The Morgan fingerprint density at radius 1 is 1.15 bits per heavy atom. The van der Waals surface area contributed by atoms with Gasteiger partial charge in [0.1, 0.15) is 11.5 Å².